The fourth-order valence-electron chi connectivity index (χ4n) is 1.99. The van der Waals surface area contributed by atoms with Crippen LogP contribution in [-0.2, 0) is 0 Å². The van der Waals surface area contributed by atoms with Crippen molar-refractivity contribution >= 4 is 0 Å². The first-order valence-electron chi connectivity index (χ1n) is 5.11. The number of piperazine rings is 2. The van der Waals surface area contributed by atoms with E-state index in [1.807, 2.05) is 0 Å². The largest absolute Gasteiger partial charge is 0.314 e. The molecule has 2 fully saturated rings. The zero-order valence-electron chi connectivity index (χ0n) is 8.34. The highest BCUT2D eigenvalue weighted by Crippen LogP contribution is 2.14. The van der Waals surface area contributed by atoms with Gasteiger partial charge in [-0.1, -0.05) is 0 Å². The minimum absolute atomic E-state index is 1.04. The maximum Gasteiger partial charge on any atom is 0.120 e. The summed E-state index contributed by atoms with van der Waals surface area (Å²) in [5, 5.41) is 6.80. The van der Waals surface area contributed by atoms with Gasteiger partial charge in [-0.2, -0.15) is 0 Å². The van der Waals surface area contributed by atoms with Gasteiger partial charge in [-0.15, -0.1) is 0 Å². The summed E-state index contributed by atoms with van der Waals surface area (Å²) in [6.45, 7) is 7.85. The van der Waals surface area contributed by atoms with E-state index in [0.717, 1.165) is 45.8 Å². The monoisotopic (exact) mass is 183 g/mol. The Bertz CT molecular complexity index is 156. The molecule has 2 heterocycles. The molecule has 2 aliphatic rings. The Morgan fingerprint density at radius 2 is 1.69 bits per heavy atom. The summed E-state index contributed by atoms with van der Waals surface area (Å²) < 4.78 is 0. The van der Waals surface area contributed by atoms with Gasteiger partial charge in [0.2, 0.25) is 0 Å². The molecule has 0 spiro atoms. The van der Waals surface area contributed by atoms with Crippen molar-refractivity contribution in [3.8, 4) is 0 Å². The van der Waals surface area contributed by atoms with Gasteiger partial charge in [0.1, 0.15) is 6.17 Å². The van der Waals surface area contributed by atoms with Crippen LogP contribution in [0, 0.1) is 6.17 Å². The van der Waals surface area contributed by atoms with E-state index in [4.69, 9.17) is 0 Å². The molecule has 0 aromatic rings. The maximum absolute atomic E-state index is 3.42. The molecule has 0 aromatic heterocycles. The molecular formula is C9H19N4. The number of nitrogens with one attached hydrogen (secondary N) is 2. The summed E-state index contributed by atoms with van der Waals surface area (Å²) in [6, 6.07) is 0. The first kappa shape index (κ1) is 9.40. The molecule has 0 unspecified atom stereocenters. The lowest BCUT2D eigenvalue weighted by Crippen LogP contribution is -2.56. The molecule has 0 aromatic carbocycles. The third kappa shape index (κ3) is 2.20. The van der Waals surface area contributed by atoms with E-state index >= 15 is 0 Å². The quantitative estimate of drug-likeness (QED) is 0.541. The van der Waals surface area contributed by atoms with E-state index in [0.29, 0.717) is 0 Å². The van der Waals surface area contributed by atoms with Crippen molar-refractivity contribution in [3.05, 3.63) is 6.17 Å². The first-order chi connectivity index (χ1) is 6.38. The molecule has 2 rings (SSSR count). The van der Waals surface area contributed by atoms with Crippen LogP contribution in [0.2, 0.25) is 0 Å². The Morgan fingerprint density at radius 1 is 1.00 bits per heavy atom. The Morgan fingerprint density at radius 3 is 2.38 bits per heavy atom. The van der Waals surface area contributed by atoms with Crippen molar-refractivity contribution < 1.29 is 0 Å². The van der Waals surface area contributed by atoms with Crippen LogP contribution in [0.25, 0.3) is 0 Å². The molecule has 2 N–H and O–H groups in total. The van der Waals surface area contributed by atoms with Crippen molar-refractivity contribution in [2.75, 3.05) is 52.9 Å². The van der Waals surface area contributed by atoms with Crippen molar-refractivity contribution in [2.24, 2.45) is 0 Å². The topological polar surface area (TPSA) is 30.5 Å². The molecule has 75 valence electrons. The summed E-state index contributed by atoms with van der Waals surface area (Å²) in [5.74, 6) is 0. The first-order valence-corrected chi connectivity index (χ1v) is 5.11. The van der Waals surface area contributed by atoms with E-state index in [1.165, 1.54) is 6.17 Å². The van der Waals surface area contributed by atoms with E-state index in [-0.39, 0.29) is 0 Å². The van der Waals surface area contributed by atoms with Crippen LogP contribution in [0.15, 0.2) is 0 Å². The Kier molecular flexibility index (Phi) is 3.16. The number of nitrogens with zero attached hydrogens (tertiary/aromatic N) is 2. The lowest BCUT2D eigenvalue weighted by Gasteiger charge is -2.41. The molecule has 4 nitrogen and oxygen atoms in total. The number of hydrogen-bond donors (Lipinski definition) is 2. The Hall–Kier alpha value is -0.160. The SMILES string of the molecule is CN1CCNC[C]1N1CCNCC1. The molecule has 0 atom stereocenters. The number of likely N-dealkylation sites (N-methyl/N-ethyl adjacent to an activating group) is 1. The van der Waals surface area contributed by atoms with Gasteiger partial charge in [0.15, 0.2) is 0 Å². The third-order valence-corrected chi connectivity index (χ3v) is 2.83. The second-order valence-electron chi connectivity index (χ2n) is 3.75. The molecule has 0 saturated carbocycles. The van der Waals surface area contributed by atoms with Gasteiger partial charge in [0, 0.05) is 45.8 Å². The van der Waals surface area contributed by atoms with Crippen molar-refractivity contribution in [2.45, 2.75) is 0 Å². The van der Waals surface area contributed by atoms with E-state index in [1.54, 1.807) is 0 Å². The molecule has 4 heteroatoms. The average Bonchev–Trinajstić information content (AvgIpc) is 2.20. The zero-order valence-corrected chi connectivity index (χ0v) is 8.34. The van der Waals surface area contributed by atoms with Gasteiger partial charge in [-0.3, -0.25) is 9.80 Å². The molecule has 0 amide bonds. The predicted octanol–water partition coefficient (Wildman–Crippen LogP) is -1.08. The molecule has 13 heavy (non-hydrogen) atoms. The lowest BCUT2D eigenvalue weighted by atomic mass is 10.2. The summed E-state index contributed by atoms with van der Waals surface area (Å²) >= 11 is 0. The summed E-state index contributed by atoms with van der Waals surface area (Å²) in [6.07, 6.45) is 1.47. The number of rotatable bonds is 1. The minimum Gasteiger partial charge on any atom is -0.314 e. The van der Waals surface area contributed by atoms with Crippen LogP contribution in [0.5, 0.6) is 0 Å². The normalized spacial score (nSPS) is 29.3. The van der Waals surface area contributed by atoms with E-state index in [9.17, 15) is 0 Å². The fourth-order valence-corrected chi connectivity index (χ4v) is 1.99. The van der Waals surface area contributed by atoms with Gasteiger partial charge in [0.25, 0.3) is 0 Å². The Balaban J connectivity index is 1.88. The van der Waals surface area contributed by atoms with Gasteiger partial charge in [0.05, 0.1) is 0 Å². The third-order valence-electron chi connectivity index (χ3n) is 2.83. The smallest absolute Gasteiger partial charge is 0.120 e. The molecule has 1 radical (unpaired) electrons. The fraction of sp³-hybridized carbons (Fsp3) is 0.889. The standard InChI is InChI=1S/C9H19N4/c1-12-5-2-11-8-9(12)13-6-3-10-4-7-13/h10-11H,2-8H2,1H3. The second-order valence-corrected chi connectivity index (χ2v) is 3.75. The average molecular weight is 183 g/mol. The Labute approximate surface area is 80.3 Å². The van der Waals surface area contributed by atoms with Crippen LogP contribution >= 0.6 is 0 Å². The van der Waals surface area contributed by atoms with Crippen LogP contribution in [0.4, 0.5) is 0 Å². The van der Waals surface area contributed by atoms with Gasteiger partial charge >= 0.3 is 0 Å². The van der Waals surface area contributed by atoms with Crippen LogP contribution in [0.3, 0.4) is 0 Å². The van der Waals surface area contributed by atoms with Crippen LogP contribution in [0.1, 0.15) is 0 Å². The molecular weight excluding hydrogens is 164 g/mol. The van der Waals surface area contributed by atoms with Gasteiger partial charge < -0.3 is 10.6 Å². The summed E-state index contributed by atoms with van der Waals surface area (Å²) in [5.41, 5.74) is 0. The summed E-state index contributed by atoms with van der Waals surface area (Å²) in [7, 11) is 2.19. The van der Waals surface area contributed by atoms with Crippen molar-refractivity contribution in [1.82, 2.24) is 20.4 Å². The predicted molar refractivity (Wildman–Crippen MR) is 53.2 cm³/mol. The highest BCUT2D eigenvalue weighted by atomic mass is 15.4. The molecule has 2 aliphatic heterocycles. The van der Waals surface area contributed by atoms with E-state index in [2.05, 4.69) is 27.5 Å². The van der Waals surface area contributed by atoms with Crippen molar-refractivity contribution in [3.63, 3.8) is 0 Å². The van der Waals surface area contributed by atoms with Crippen LogP contribution < -0.4 is 10.6 Å². The lowest BCUT2D eigenvalue weighted by molar-refractivity contribution is 0.120. The highest BCUT2D eigenvalue weighted by Gasteiger charge is 2.26. The van der Waals surface area contributed by atoms with Gasteiger partial charge in [-0.05, 0) is 7.05 Å². The van der Waals surface area contributed by atoms with Crippen LogP contribution in [-0.4, -0.2) is 62.7 Å². The summed E-state index contributed by atoms with van der Waals surface area (Å²) in [4.78, 5) is 4.87. The zero-order chi connectivity index (χ0) is 9.10. The molecule has 2 saturated heterocycles. The van der Waals surface area contributed by atoms with Gasteiger partial charge in [-0.25, -0.2) is 0 Å². The second kappa shape index (κ2) is 4.37. The maximum atomic E-state index is 3.42. The number of hydrogen-bond acceptors (Lipinski definition) is 4. The minimum atomic E-state index is 1.04. The van der Waals surface area contributed by atoms with E-state index < -0.39 is 0 Å². The molecule has 0 aliphatic carbocycles. The highest BCUT2D eigenvalue weighted by molar-refractivity contribution is 4.95. The van der Waals surface area contributed by atoms with Crippen molar-refractivity contribution in [1.29, 1.82) is 0 Å². The molecule has 0 bridgehead atoms.